The van der Waals surface area contributed by atoms with Gasteiger partial charge in [0.05, 0.1) is 5.69 Å². The summed E-state index contributed by atoms with van der Waals surface area (Å²) in [6.07, 6.45) is 3.67. The van der Waals surface area contributed by atoms with Gasteiger partial charge in [0.25, 0.3) is 0 Å². The molecule has 0 saturated carbocycles. The van der Waals surface area contributed by atoms with E-state index in [9.17, 15) is 4.39 Å². The first-order valence-electron chi connectivity index (χ1n) is 7.22. The zero-order chi connectivity index (χ0) is 15.6. The van der Waals surface area contributed by atoms with E-state index in [-0.39, 0.29) is 5.82 Å². The zero-order valence-corrected chi connectivity index (χ0v) is 12.1. The molecule has 0 aliphatic carbocycles. The molecule has 0 saturated heterocycles. The molecule has 3 heterocycles. The Morgan fingerprint density at radius 2 is 1.74 bits per heavy atom. The third-order valence-corrected chi connectivity index (χ3v) is 3.54. The number of pyridine rings is 2. The molecule has 4 nitrogen and oxygen atoms in total. The molecule has 3 aromatic heterocycles. The smallest absolute Gasteiger partial charge is 0.144 e. The van der Waals surface area contributed by atoms with E-state index in [2.05, 4.69) is 15.3 Å². The monoisotopic (exact) mass is 304 g/mol. The second-order valence-electron chi connectivity index (χ2n) is 5.08. The second-order valence-corrected chi connectivity index (χ2v) is 5.08. The summed E-state index contributed by atoms with van der Waals surface area (Å²) in [5.41, 5.74) is 3.13. The van der Waals surface area contributed by atoms with Gasteiger partial charge in [0.2, 0.25) is 0 Å². The molecule has 0 atom stereocenters. The summed E-state index contributed by atoms with van der Waals surface area (Å²) in [6, 6.07) is 17.7. The number of nitrogens with one attached hydrogen (secondary N) is 1. The number of nitrogens with zero attached hydrogens (tertiary/aromatic N) is 3. The van der Waals surface area contributed by atoms with Crippen LogP contribution in [0, 0.1) is 5.82 Å². The molecule has 0 amide bonds. The highest BCUT2D eigenvalue weighted by atomic mass is 19.1. The normalized spacial score (nSPS) is 10.8. The molecule has 0 bridgehead atoms. The summed E-state index contributed by atoms with van der Waals surface area (Å²) in [5, 5.41) is 3.32. The van der Waals surface area contributed by atoms with Crippen LogP contribution in [-0.4, -0.2) is 14.4 Å². The summed E-state index contributed by atoms with van der Waals surface area (Å²) >= 11 is 0. The lowest BCUT2D eigenvalue weighted by molar-refractivity contribution is 0.628. The summed E-state index contributed by atoms with van der Waals surface area (Å²) < 4.78 is 15.1. The second kappa shape index (κ2) is 5.53. The first kappa shape index (κ1) is 13.5. The van der Waals surface area contributed by atoms with Gasteiger partial charge in [-0.1, -0.05) is 12.1 Å². The molecule has 0 unspecified atom stereocenters. The molecule has 1 aromatic carbocycles. The summed E-state index contributed by atoms with van der Waals surface area (Å²) in [7, 11) is 0. The maximum atomic E-state index is 13.1. The van der Waals surface area contributed by atoms with Gasteiger partial charge in [-0.3, -0.25) is 9.38 Å². The summed E-state index contributed by atoms with van der Waals surface area (Å²) in [5.74, 6) is 0.532. The molecule has 4 rings (SSSR count). The molecule has 1 N–H and O–H groups in total. The molecule has 0 aliphatic heterocycles. The number of halogens is 1. The number of hydrogen-bond acceptors (Lipinski definition) is 3. The van der Waals surface area contributed by atoms with Crippen molar-refractivity contribution in [1.29, 1.82) is 0 Å². The number of imidazole rings is 1. The third-order valence-electron chi connectivity index (χ3n) is 3.54. The van der Waals surface area contributed by atoms with E-state index in [4.69, 9.17) is 0 Å². The fourth-order valence-electron chi connectivity index (χ4n) is 2.47. The van der Waals surface area contributed by atoms with Crippen molar-refractivity contribution in [3.05, 3.63) is 78.9 Å². The van der Waals surface area contributed by atoms with E-state index in [1.807, 2.05) is 47.0 Å². The number of benzene rings is 1. The largest absolute Gasteiger partial charge is 0.339 e. The number of fused-ring (bicyclic) bond motifs is 1. The highest BCUT2D eigenvalue weighted by molar-refractivity contribution is 5.77. The Morgan fingerprint density at radius 3 is 2.52 bits per heavy atom. The van der Waals surface area contributed by atoms with Crippen LogP contribution in [0.2, 0.25) is 0 Å². The first-order chi connectivity index (χ1) is 11.3. The Bertz CT molecular complexity index is 946. The van der Waals surface area contributed by atoms with Crippen LogP contribution in [0.15, 0.2) is 73.1 Å². The highest BCUT2D eigenvalue weighted by Gasteiger charge is 2.14. The Morgan fingerprint density at radius 1 is 0.913 bits per heavy atom. The third kappa shape index (κ3) is 2.53. The van der Waals surface area contributed by atoms with Crippen molar-refractivity contribution in [2.75, 3.05) is 5.32 Å². The average molecular weight is 304 g/mol. The van der Waals surface area contributed by atoms with Crippen LogP contribution in [0.4, 0.5) is 15.9 Å². The predicted octanol–water partition coefficient (Wildman–Crippen LogP) is 4.28. The Kier molecular flexibility index (Phi) is 3.24. The minimum atomic E-state index is -0.265. The molecule has 0 aliphatic rings. The molecule has 0 fully saturated rings. The summed E-state index contributed by atoms with van der Waals surface area (Å²) in [6.45, 7) is 0. The van der Waals surface area contributed by atoms with Gasteiger partial charge in [-0.25, -0.2) is 9.37 Å². The van der Waals surface area contributed by atoms with E-state index in [0.29, 0.717) is 0 Å². The van der Waals surface area contributed by atoms with Crippen molar-refractivity contribution < 1.29 is 4.39 Å². The van der Waals surface area contributed by atoms with Gasteiger partial charge in [0.15, 0.2) is 0 Å². The van der Waals surface area contributed by atoms with E-state index in [1.165, 1.54) is 12.1 Å². The van der Waals surface area contributed by atoms with Crippen LogP contribution in [0.3, 0.4) is 0 Å². The first-order valence-corrected chi connectivity index (χ1v) is 7.22. The highest BCUT2D eigenvalue weighted by Crippen LogP contribution is 2.29. The van der Waals surface area contributed by atoms with Crippen LogP contribution < -0.4 is 5.32 Å². The molecule has 23 heavy (non-hydrogen) atoms. The number of rotatable bonds is 3. The molecule has 112 valence electrons. The van der Waals surface area contributed by atoms with Crippen LogP contribution in [0.1, 0.15) is 0 Å². The van der Waals surface area contributed by atoms with E-state index >= 15 is 0 Å². The predicted molar refractivity (Wildman–Crippen MR) is 88.1 cm³/mol. The molecular weight excluding hydrogens is 291 g/mol. The van der Waals surface area contributed by atoms with Crippen molar-refractivity contribution in [2.45, 2.75) is 0 Å². The molecule has 5 heteroatoms. The van der Waals surface area contributed by atoms with Crippen molar-refractivity contribution >= 4 is 17.2 Å². The lowest BCUT2D eigenvalue weighted by atomic mass is 10.2. The summed E-state index contributed by atoms with van der Waals surface area (Å²) in [4.78, 5) is 9.05. The van der Waals surface area contributed by atoms with Crippen molar-refractivity contribution in [3.8, 4) is 11.4 Å². The van der Waals surface area contributed by atoms with Crippen molar-refractivity contribution in [3.63, 3.8) is 0 Å². The quantitative estimate of drug-likeness (QED) is 0.614. The fourth-order valence-corrected chi connectivity index (χ4v) is 2.47. The topological polar surface area (TPSA) is 42.2 Å². The van der Waals surface area contributed by atoms with Gasteiger partial charge in [-0.2, -0.15) is 0 Å². The standard InChI is InChI=1S/C18H13FN4/c19-13-7-9-14(10-8-13)21-18-17(15-5-1-3-11-20-15)22-16-6-2-4-12-23(16)18/h1-12,21H. The molecule has 0 spiro atoms. The number of hydrogen-bond donors (Lipinski definition) is 1. The van der Waals surface area contributed by atoms with Gasteiger partial charge in [-0.15, -0.1) is 0 Å². The van der Waals surface area contributed by atoms with Crippen LogP contribution in [0.5, 0.6) is 0 Å². The Balaban J connectivity index is 1.87. The molecule has 4 aromatic rings. The molecule has 0 radical (unpaired) electrons. The van der Waals surface area contributed by atoms with E-state index < -0.39 is 0 Å². The van der Waals surface area contributed by atoms with Crippen LogP contribution >= 0.6 is 0 Å². The Hall–Kier alpha value is -3.21. The maximum absolute atomic E-state index is 13.1. The van der Waals surface area contributed by atoms with Gasteiger partial charge < -0.3 is 5.32 Å². The maximum Gasteiger partial charge on any atom is 0.144 e. The van der Waals surface area contributed by atoms with Gasteiger partial charge in [0, 0.05) is 18.1 Å². The average Bonchev–Trinajstić information content (AvgIpc) is 2.96. The van der Waals surface area contributed by atoms with Crippen molar-refractivity contribution in [2.24, 2.45) is 0 Å². The minimum Gasteiger partial charge on any atom is -0.339 e. The Labute approximate surface area is 132 Å². The molecular formula is C18H13FN4. The van der Waals surface area contributed by atoms with Crippen molar-refractivity contribution in [1.82, 2.24) is 14.4 Å². The lowest BCUT2D eigenvalue weighted by Gasteiger charge is -2.08. The van der Waals surface area contributed by atoms with E-state index in [1.54, 1.807) is 18.3 Å². The number of aromatic nitrogens is 3. The fraction of sp³-hybridized carbons (Fsp3) is 0. The zero-order valence-electron chi connectivity index (χ0n) is 12.1. The van der Waals surface area contributed by atoms with Gasteiger partial charge >= 0.3 is 0 Å². The lowest BCUT2D eigenvalue weighted by Crippen LogP contribution is -1.97. The van der Waals surface area contributed by atoms with Crippen LogP contribution in [0.25, 0.3) is 17.0 Å². The number of anilines is 2. The van der Waals surface area contributed by atoms with Crippen LogP contribution in [-0.2, 0) is 0 Å². The van der Waals surface area contributed by atoms with E-state index in [0.717, 1.165) is 28.5 Å². The minimum absolute atomic E-state index is 0.265. The van der Waals surface area contributed by atoms with Gasteiger partial charge in [0.1, 0.15) is 23.0 Å². The SMILES string of the molecule is Fc1ccc(Nc2c(-c3ccccn3)nc3ccccn23)cc1. The van der Waals surface area contributed by atoms with Gasteiger partial charge in [-0.05, 0) is 48.5 Å².